The Morgan fingerprint density at radius 2 is 1.04 bits per heavy atom. The molecule has 48 heavy (non-hydrogen) atoms. The van der Waals surface area contributed by atoms with Gasteiger partial charge in [-0.15, -0.1) is 0 Å². The third kappa shape index (κ3) is 34.6. The zero-order valence-electron chi connectivity index (χ0n) is 32.1. The number of Topliss-reactive ketones (excluding diaryl/α,β-unsaturated/α-hetero) is 1. The molecule has 2 unspecified atom stereocenters. The quantitative estimate of drug-likeness (QED) is 0.0309. The van der Waals surface area contributed by atoms with E-state index in [-0.39, 0.29) is 12.4 Å². The van der Waals surface area contributed by atoms with Crippen molar-refractivity contribution in [2.75, 3.05) is 34.3 Å². The number of phosphoric acid groups is 1. The van der Waals surface area contributed by atoms with Gasteiger partial charge in [-0.2, -0.15) is 0 Å². The van der Waals surface area contributed by atoms with Crippen LogP contribution in [0.3, 0.4) is 0 Å². The number of ketones is 1. The number of carbonyl (C=O) groups is 1. The Kier molecular flexibility index (Phi) is 32.0. The number of allylic oxidation sites excluding steroid dienone is 8. The predicted octanol–water partition coefficient (Wildman–Crippen LogP) is 12.4. The van der Waals surface area contributed by atoms with E-state index in [4.69, 9.17) is 9.05 Å². The van der Waals surface area contributed by atoms with Crippen LogP contribution in [-0.2, 0) is 18.4 Å². The fourth-order valence-electron chi connectivity index (χ4n) is 5.35. The largest absolute Gasteiger partial charge is 0.473 e. The highest BCUT2D eigenvalue weighted by molar-refractivity contribution is 7.47. The van der Waals surface area contributed by atoms with Crippen molar-refractivity contribution in [3.05, 3.63) is 48.6 Å². The van der Waals surface area contributed by atoms with Gasteiger partial charge in [0.1, 0.15) is 19.3 Å². The predicted molar refractivity (Wildman–Crippen MR) is 207 cm³/mol. The number of unbranched alkanes of at least 4 members (excludes halogenated alkanes) is 16. The molecule has 0 bridgehead atoms. The van der Waals surface area contributed by atoms with Crippen molar-refractivity contribution in [1.29, 1.82) is 0 Å². The first kappa shape index (κ1) is 46.7. The number of hydrogen-bond acceptors (Lipinski definition) is 4. The first-order valence-electron chi connectivity index (χ1n) is 19.7. The van der Waals surface area contributed by atoms with E-state index >= 15 is 0 Å². The zero-order valence-corrected chi connectivity index (χ0v) is 32.9. The summed E-state index contributed by atoms with van der Waals surface area (Å²) in [6.07, 6.45) is 43.1. The van der Waals surface area contributed by atoms with Gasteiger partial charge in [-0.1, -0.05) is 152 Å². The molecule has 0 radical (unpaired) electrons. The number of hydrogen-bond donors (Lipinski definition) is 1. The highest BCUT2D eigenvalue weighted by Crippen LogP contribution is 2.45. The average Bonchev–Trinajstić information content (AvgIpc) is 3.03. The van der Waals surface area contributed by atoms with Crippen molar-refractivity contribution in [3.8, 4) is 0 Å². The number of rotatable bonds is 35. The Balaban J connectivity index is 4.45. The minimum atomic E-state index is -4.32. The summed E-state index contributed by atoms with van der Waals surface area (Å²) in [4.78, 5) is 23.5. The first-order valence-corrected chi connectivity index (χ1v) is 21.2. The summed E-state index contributed by atoms with van der Waals surface area (Å²) >= 11 is 0. The molecule has 0 fully saturated rings. The lowest BCUT2D eigenvalue weighted by atomic mass is 10.0. The second kappa shape index (κ2) is 32.9. The number of quaternary nitrogens is 1. The normalized spacial score (nSPS) is 14.6. The van der Waals surface area contributed by atoms with Crippen LogP contribution in [0.5, 0.6) is 0 Å². The van der Waals surface area contributed by atoms with Gasteiger partial charge in [-0.25, -0.2) is 4.57 Å². The van der Waals surface area contributed by atoms with Crippen molar-refractivity contribution in [3.63, 3.8) is 0 Å². The van der Waals surface area contributed by atoms with E-state index < -0.39 is 13.9 Å². The van der Waals surface area contributed by atoms with Crippen molar-refractivity contribution < 1.29 is 27.8 Å². The molecule has 0 amide bonds. The molecule has 0 aliphatic carbocycles. The van der Waals surface area contributed by atoms with E-state index in [2.05, 4.69) is 62.5 Å². The molecule has 0 saturated heterocycles. The molecule has 280 valence electrons. The fourth-order valence-corrected chi connectivity index (χ4v) is 6.27. The summed E-state index contributed by atoms with van der Waals surface area (Å²) in [7, 11) is 1.65. The molecule has 6 nitrogen and oxygen atoms in total. The second-order valence-corrected chi connectivity index (χ2v) is 15.8. The smallest absolute Gasteiger partial charge is 0.329 e. The maximum absolute atomic E-state index is 13.1. The number of phosphoric ester groups is 1. The zero-order chi connectivity index (χ0) is 35.6. The Bertz CT molecular complexity index is 905. The van der Waals surface area contributed by atoms with Gasteiger partial charge in [0.2, 0.25) is 0 Å². The van der Waals surface area contributed by atoms with Gasteiger partial charge in [0.15, 0.2) is 5.78 Å². The summed E-state index contributed by atoms with van der Waals surface area (Å²) < 4.78 is 24.0. The van der Waals surface area contributed by atoms with Crippen LogP contribution in [0, 0.1) is 0 Å². The summed E-state index contributed by atoms with van der Waals surface area (Å²) in [5.74, 6) is -0.0884. The topological polar surface area (TPSA) is 72.8 Å². The van der Waals surface area contributed by atoms with Gasteiger partial charge in [0, 0.05) is 6.42 Å². The number of nitrogens with zero attached hydrogens (tertiary/aromatic N) is 1. The van der Waals surface area contributed by atoms with Crippen LogP contribution in [0.4, 0.5) is 0 Å². The fraction of sp³-hybridized carbons (Fsp3) is 0.780. The minimum Gasteiger partial charge on any atom is -0.329 e. The Morgan fingerprint density at radius 3 is 1.52 bits per heavy atom. The molecule has 0 saturated carbocycles. The molecule has 0 aromatic heterocycles. The Labute approximate surface area is 297 Å². The molecular weight excluding hydrogens is 617 g/mol. The summed E-state index contributed by atoms with van der Waals surface area (Å²) in [5.41, 5.74) is 0. The third-order valence-corrected chi connectivity index (χ3v) is 9.49. The molecule has 7 heteroatoms. The van der Waals surface area contributed by atoms with Gasteiger partial charge in [-0.05, 0) is 57.8 Å². The standard InChI is InChI=1S/C41H76NO5P/c1-6-8-10-12-14-16-18-20-21-22-23-25-27-29-31-33-35-37-41(47-48(44,45)46-39-38-42(3,4)5)40(43)36-34-32-30-28-26-24-19-17-15-13-11-9-7-2/h14,16,20-21,23,25,29,31,41H,6-13,15,17-19,22,24,26-28,30,32-39H2,1-5H3/p+1/b16-14-,21-20-,25-23-,31-29-. The van der Waals surface area contributed by atoms with Gasteiger partial charge in [0.25, 0.3) is 0 Å². The van der Waals surface area contributed by atoms with Crippen LogP contribution >= 0.6 is 7.82 Å². The maximum atomic E-state index is 13.1. The third-order valence-electron chi connectivity index (χ3n) is 8.46. The van der Waals surface area contributed by atoms with Crippen molar-refractivity contribution in [2.24, 2.45) is 0 Å². The molecule has 0 rings (SSSR count). The maximum Gasteiger partial charge on any atom is 0.473 e. The van der Waals surface area contributed by atoms with Gasteiger partial charge in [-0.3, -0.25) is 13.8 Å². The monoisotopic (exact) mass is 695 g/mol. The van der Waals surface area contributed by atoms with Crippen LogP contribution in [-0.4, -0.2) is 55.6 Å². The molecule has 0 heterocycles. The molecule has 1 N–H and O–H groups in total. The van der Waals surface area contributed by atoms with Crippen LogP contribution in [0.15, 0.2) is 48.6 Å². The van der Waals surface area contributed by atoms with Crippen LogP contribution in [0.2, 0.25) is 0 Å². The average molecular weight is 695 g/mol. The summed E-state index contributed by atoms with van der Waals surface area (Å²) in [5, 5.41) is 0. The molecule has 0 spiro atoms. The lowest BCUT2D eigenvalue weighted by Crippen LogP contribution is -2.37. The number of carbonyl (C=O) groups excluding carboxylic acids is 1. The summed E-state index contributed by atoms with van der Waals surface area (Å²) in [6.45, 7) is 5.16. The van der Waals surface area contributed by atoms with Gasteiger partial charge >= 0.3 is 7.82 Å². The van der Waals surface area contributed by atoms with E-state index in [1.807, 2.05) is 21.1 Å². The molecule has 0 aliphatic rings. The van der Waals surface area contributed by atoms with Crippen LogP contribution in [0.25, 0.3) is 0 Å². The van der Waals surface area contributed by atoms with Crippen LogP contribution in [0.1, 0.15) is 168 Å². The van der Waals surface area contributed by atoms with E-state index in [0.717, 1.165) is 44.9 Å². The lowest BCUT2D eigenvalue weighted by molar-refractivity contribution is -0.870. The highest BCUT2D eigenvalue weighted by atomic mass is 31.2. The van der Waals surface area contributed by atoms with Crippen molar-refractivity contribution >= 4 is 13.6 Å². The first-order chi connectivity index (χ1) is 23.1. The summed E-state index contributed by atoms with van der Waals surface area (Å²) in [6, 6.07) is 0. The number of likely N-dealkylation sites (N-methyl/N-ethyl adjacent to an activating group) is 1. The van der Waals surface area contributed by atoms with Crippen molar-refractivity contribution in [1.82, 2.24) is 0 Å². The van der Waals surface area contributed by atoms with E-state index in [0.29, 0.717) is 30.3 Å². The minimum absolute atomic E-state index is 0.0884. The van der Waals surface area contributed by atoms with Crippen LogP contribution < -0.4 is 0 Å². The lowest BCUT2D eigenvalue weighted by Gasteiger charge is -2.25. The SMILES string of the molecule is CCCCC/C=C\C/C=C\C/C=C\C/C=C\CCCC(OP(=O)(O)OCC[N+](C)(C)C)C(=O)CCCCCCCCCCCCCCC. The highest BCUT2D eigenvalue weighted by Gasteiger charge is 2.31. The van der Waals surface area contributed by atoms with Crippen molar-refractivity contribution in [2.45, 2.75) is 174 Å². The molecule has 0 aromatic rings. The molecule has 0 aromatic carbocycles. The Morgan fingerprint density at radius 1 is 0.625 bits per heavy atom. The van der Waals surface area contributed by atoms with Gasteiger partial charge in [0.05, 0.1) is 21.1 Å². The Hall–Kier alpha value is -1.30. The van der Waals surface area contributed by atoms with E-state index in [1.165, 1.54) is 89.9 Å². The second-order valence-electron chi connectivity index (χ2n) is 14.4. The molecular formula is C41H77NO5P+. The molecule has 0 aliphatic heterocycles. The van der Waals surface area contributed by atoms with Gasteiger partial charge < -0.3 is 9.38 Å². The molecule has 2 atom stereocenters. The van der Waals surface area contributed by atoms with E-state index in [1.54, 1.807) is 0 Å². The van der Waals surface area contributed by atoms with E-state index in [9.17, 15) is 14.3 Å².